The van der Waals surface area contributed by atoms with Crippen molar-refractivity contribution in [3.63, 3.8) is 0 Å². The van der Waals surface area contributed by atoms with E-state index >= 15 is 0 Å². The molecular weight excluding hydrogens is 759 g/mol. The van der Waals surface area contributed by atoms with Crippen molar-refractivity contribution < 1.29 is 30.4 Å². The third kappa shape index (κ3) is 8.94. The molecule has 2 aromatic carbocycles. The Morgan fingerprint density at radius 3 is 2.30 bits per heavy atom. The maximum atomic E-state index is 14.4. The molecule has 5 aromatic rings. The van der Waals surface area contributed by atoms with Crippen LogP contribution < -0.4 is 19.7 Å². The van der Waals surface area contributed by atoms with E-state index in [0.717, 1.165) is 60.6 Å². The van der Waals surface area contributed by atoms with Gasteiger partial charge >= 0.3 is 0 Å². The molecule has 13 nitrogen and oxygen atoms in total. The summed E-state index contributed by atoms with van der Waals surface area (Å²) in [7, 11) is -6.08. The summed E-state index contributed by atoms with van der Waals surface area (Å²) < 4.78 is 85.9. The van der Waals surface area contributed by atoms with Crippen LogP contribution in [0.3, 0.4) is 0 Å². The maximum Gasteiger partial charge on any atom is 0.268 e. The number of methoxy groups -OCH3 is 1. The van der Waals surface area contributed by atoms with Gasteiger partial charge in [0.05, 0.1) is 39.8 Å². The highest BCUT2D eigenvalue weighted by atomic mass is 32.2. The van der Waals surface area contributed by atoms with E-state index in [0.29, 0.717) is 45.9 Å². The zero-order valence-corrected chi connectivity index (χ0v) is 32.7. The Labute approximate surface area is 317 Å². The van der Waals surface area contributed by atoms with Crippen LogP contribution in [0.4, 0.5) is 31.9 Å². The number of sulfonamides is 1. The molecule has 2 N–H and O–H groups in total. The Kier molecular flexibility index (Phi) is 11.5. The molecule has 0 bridgehead atoms. The second-order valence-electron chi connectivity index (χ2n) is 13.1. The van der Waals surface area contributed by atoms with Crippen molar-refractivity contribution in [1.82, 2.24) is 24.8 Å². The van der Waals surface area contributed by atoms with Crippen LogP contribution >= 0.6 is 11.3 Å². The maximum absolute atomic E-state index is 14.4. The van der Waals surface area contributed by atoms with E-state index in [1.807, 2.05) is 32.9 Å². The number of nitrogens with zero attached hydrogens (tertiary/aromatic N) is 6. The van der Waals surface area contributed by atoms with Gasteiger partial charge in [0.1, 0.15) is 38.7 Å². The van der Waals surface area contributed by atoms with Crippen molar-refractivity contribution >= 4 is 54.3 Å². The van der Waals surface area contributed by atoms with Crippen molar-refractivity contribution in [1.29, 1.82) is 0 Å². The molecule has 6 rings (SSSR count). The number of rotatable bonds is 13. The number of piperazine rings is 1. The summed E-state index contributed by atoms with van der Waals surface area (Å²) in [5, 5.41) is 4.08. The van der Waals surface area contributed by atoms with E-state index in [1.54, 1.807) is 31.5 Å². The third-order valence-electron chi connectivity index (χ3n) is 8.70. The summed E-state index contributed by atoms with van der Waals surface area (Å²) in [5.41, 5.74) is 3.98. The average Bonchev–Trinajstić information content (AvgIpc) is 3.57. The van der Waals surface area contributed by atoms with E-state index in [1.165, 1.54) is 23.7 Å². The molecule has 0 saturated carbocycles. The molecule has 1 saturated heterocycles. The van der Waals surface area contributed by atoms with Crippen molar-refractivity contribution in [2.45, 2.75) is 31.6 Å². The largest absolute Gasteiger partial charge is 0.494 e. The van der Waals surface area contributed by atoms with Gasteiger partial charge in [-0.3, -0.25) is 9.62 Å². The first kappa shape index (κ1) is 38.9. The van der Waals surface area contributed by atoms with Gasteiger partial charge in [0, 0.05) is 62.8 Å². The summed E-state index contributed by atoms with van der Waals surface area (Å²) >= 11 is 1.41. The molecule has 18 heteroatoms. The molecule has 54 heavy (non-hydrogen) atoms. The predicted octanol–water partition coefficient (Wildman–Crippen LogP) is 6.09. The first-order chi connectivity index (χ1) is 25.6. The number of sulfone groups is 1. The lowest BCUT2D eigenvalue weighted by Gasteiger charge is -2.37. The minimum atomic E-state index is -4.65. The van der Waals surface area contributed by atoms with Gasteiger partial charge in [0.25, 0.3) is 10.0 Å². The van der Waals surface area contributed by atoms with E-state index in [4.69, 9.17) is 14.7 Å². The number of nitrogens with one attached hydrogen (secondary N) is 2. The lowest BCUT2D eigenvalue weighted by molar-refractivity contribution is 0.272. The molecule has 0 aliphatic carbocycles. The van der Waals surface area contributed by atoms with E-state index in [2.05, 4.69) is 29.8 Å². The number of aryl methyl sites for hydroxylation is 1. The lowest BCUT2D eigenvalue weighted by Crippen LogP contribution is -2.47. The van der Waals surface area contributed by atoms with Gasteiger partial charge < -0.3 is 15.0 Å². The van der Waals surface area contributed by atoms with Gasteiger partial charge in [-0.15, -0.1) is 11.3 Å². The summed E-state index contributed by atoms with van der Waals surface area (Å²) in [4.78, 5) is 22.6. The summed E-state index contributed by atoms with van der Waals surface area (Å²) in [6.45, 7) is 9.51. The molecule has 0 spiro atoms. The number of pyridine rings is 1. The van der Waals surface area contributed by atoms with Crippen molar-refractivity contribution in [3.05, 3.63) is 83.0 Å². The Balaban J connectivity index is 1.25. The fourth-order valence-corrected chi connectivity index (χ4v) is 8.72. The fourth-order valence-electron chi connectivity index (χ4n) is 5.94. The zero-order valence-electron chi connectivity index (χ0n) is 30.3. The summed E-state index contributed by atoms with van der Waals surface area (Å²) in [5.74, 6) is -1.52. The average molecular weight is 799 g/mol. The van der Waals surface area contributed by atoms with Crippen LogP contribution in [-0.4, -0.2) is 93.5 Å². The Morgan fingerprint density at radius 2 is 1.63 bits per heavy atom. The minimum Gasteiger partial charge on any atom is -0.494 e. The Bertz CT molecular complexity index is 2370. The van der Waals surface area contributed by atoms with E-state index in [9.17, 15) is 25.6 Å². The van der Waals surface area contributed by atoms with Gasteiger partial charge in [0.15, 0.2) is 4.90 Å². The topological polar surface area (TPSA) is 160 Å². The number of anilines is 4. The Hall–Kier alpha value is -4.78. The van der Waals surface area contributed by atoms with Crippen LogP contribution in [0.1, 0.15) is 30.3 Å². The summed E-state index contributed by atoms with van der Waals surface area (Å²) in [6, 6.07) is 13.1. The number of hydrogen-bond acceptors (Lipinski definition) is 13. The molecule has 4 heterocycles. The highest BCUT2D eigenvalue weighted by molar-refractivity contribution is 7.92. The van der Waals surface area contributed by atoms with Crippen LogP contribution in [0.15, 0.2) is 65.7 Å². The first-order valence-corrected chi connectivity index (χ1v) is 21.4. The number of halogens is 2. The van der Waals surface area contributed by atoms with Gasteiger partial charge in [-0.1, -0.05) is 26.0 Å². The fraction of sp³-hybridized carbons (Fsp3) is 0.333. The molecule has 0 unspecified atom stereocenters. The van der Waals surface area contributed by atoms with Gasteiger partial charge in [-0.05, 0) is 48.9 Å². The molecular formula is C36H40F2N8O5S3. The SMILES string of the molecule is COc1cc(N2CCN(CCS(C)(=O)=O)CC2)c(C)cc1Nc1nccc(-c2sc(C(C)C)nc2-c2cccc(NS(=O)(=O)c3c(F)cccc3F)n2)n1. The number of thiazole rings is 1. The Morgan fingerprint density at radius 1 is 0.926 bits per heavy atom. The molecule has 286 valence electrons. The smallest absolute Gasteiger partial charge is 0.268 e. The second kappa shape index (κ2) is 15.9. The molecule has 0 atom stereocenters. The van der Waals surface area contributed by atoms with Crippen LogP contribution in [0, 0.1) is 18.6 Å². The standard InChI is InChI=1S/C36H40F2N8O5S3/c1-22(2)35-43-32(26-10-7-11-31(40-26)44-54(49,50)34-24(37)8-6-9-25(34)38)33(52-35)27-12-13-39-36(41-27)42-28-20-23(3)29(21-30(28)51-4)46-16-14-45(15-17-46)18-19-53(5,47)48/h6-13,20-22H,14-19H2,1-5H3,(H,40,44)(H,39,41,42). The number of hydrogen-bond donors (Lipinski definition) is 2. The van der Waals surface area contributed by atoms with Crippen LogP contribution in [-0.2, 0) is 19.9 Å². The van der Waals surface area contributed by atoms with E-state index < -0.39 is 36.4 Å². The number of ether oxygens (including phenoxy) is 1. The monoisotopic (exact) mass is 798 g/mol. The second-order valence-corrected chi connectivity index (χ2v) is 18.0. The molecule has 3 aromatic heterocycles. The lowest BCUT2D eigenvalue weighted by atomic mass is 10.1. The summed E-state index contributed by atoms with van der Waals surface area (Å²) in [6.07, 6.45) is 2.87. The number of benzene rings is 2. The quantitative estimate of drug-likeness (QED) is 0.141. The predicted molar refractivity (Wildman–Crippen MR) is 207 cm³/mol. The minimum absolute atomic E-state index is 0.0499. The molecule has 0 radical (unpaired) electrons. The van der Waals surface area contributed by atoms with Crippen molar-refractivity contribution in [2.24, 2.45) is 0 Å². The van der Waals surface area contributed by atoms with Crippen molar-refractivity contribution in [3.8, 4) is 27.7 Å². The first-order valence-electron chi connectivity index (χ1n) is 17.0. The third-order valence-corrected chi connectivity index (χ3v) is 12.4. The highest BCUT2D eigenvalue weighted by Crippen LogP contribution is 2.39. The van der Waals surface area contributed by atoms with Gasteiger partial charge in [-0.2, -0.15) is 0 Å². The van der Waals surface area contributed by atoms with Crippen LogP contribution in [0.5, 0.6) is 5.75 Å². The van der Waals surface area contributed by atoms with Crippen molar-refractivity contribution in [2.75, 3.05) is 66.8 Å². The normalized spacial score (nSPS) is 14.0. The zero-order chi connectivity index (χ0) is 38.8. The van der Waals surface area contributed by atoms with Gasteiger partial charge in [-0.25, -0.2) is 45.6 Å². The van der Waals surface area contributed by atoms with Crippen LogP contribution in [0.25, 0.3) is 22.0 Å². The van der Waals surface area contributed by atoms with E-state index in [-0.39, 0.29) is 17.5 Å². The molecule has 1 aliphatic rings. The molecule has 1 aliphatic heterocycles. The number of aromatic nitrogens is 4. The molecule has 0 amide bonds. The molecule has 1 fully saturated rings. The highest BCUT2D eigenvalue weighted by Gasteiger charge is 2.26. The van der Waals surface area contributed by atoms with Gasteiger partial charge in [0.2, 0.25) is 5.95 Å². The van der Waals surface area contributed by atoms with Crippen LogP contribution in [0.2, 0.25) is 0 Å².